The highest BCUT2D eigenvalue weighted by atomic mass is 32.2. The predicted molar refractivity (Wildman–Crippen MR) is 96.6 cm³/mol. The largest absolute Gasteiger partial charge is 0.506 e. The number of sulfonamides is 1. The van der Waals surface area contributed by atoms with Crippen molar-refractivity contribution in [3.05, 3.63) is 30.9 Å². The van der Waals surface area contributed by atoms with E-state index >= 15 is 0 Å². The molecular weight excluding hydrogens is 360 g/mol. The molecule has 0 spiro atoms. The van der Waals surface area contributed by atoms with Crippen LogP contribution in [0.25, 0.3) is 0 Å². The number of benzene rings is 1. The number of amides is 1. The number of phenolic OH excluding ortho intramolecular Hbond substituents is 1. The smallest absolute Gasteiger partial charge is 0.243 e. The summed E-state index contributed by atoms with van der Waals surface area (Å²) in [4.78, 5) is 11.2. The summed E-state index contributed by atoms with van der Waals surface area (Å²) in [7, 11) is -0.388. The normalized spacial score (nSPS) is 11.2. The van der Waals surface area contributed by atoms with Crippen molar-refractivity contribution in [3.8, 4) is 11.5 Å². The van der Waals surface area contributed by atoms with Gasteiger partial charge in [-0.05, 0) is 0 Å². The number of aryl methyl sites for hydroxylation is 2. The van der Waals surface area contributed by atoms with Gasteiger partial charge in [-0.2, -0.15) is 0 Å². The van der Waals surface area contributed by atoms with Crippen LogP contribution in [0.3, 0.4) is 0 Å². The van der Waals surface area contributed by atoms with E-state index in [1.54, 1.807) is 0 Å². The third-order valence-corrected chi connectivity index (χ3v) is 4.90. The van der Waals surface area contributed by atoms with Gasteiger partial charge in [0.05, 0.1) is 37.8 Å². The topological polar surface area (TPSA) is 114 Å². The molecule has 9 nitrogen and oxygen atoms in total. The van der Waals surface area contributed by atoms with E-state index in [0.717, 1.165) is 0 Å². The first-order valence-corrected chi connectivity index (χ1v) is 9.55. The zero-order chi connectivity index (χ0) is 19.3. The van der Waals surface area contributed by atoms with Gasteiger partial charge in [0.25, 0.3) is 0 Å². The van der Waals surface area contributed by atoms with E-state index in [9.17, 15) is 18.3 Å². The summed E-state index contributed by atoms with van der Waals surface area (Å²) in [5.41, 5.74) is 0.240. The van der Waals surface area contributed by atoms with Crippen LogP contribution in [0.15, 0.2) is 30.9 Å². The lowest BCUT2D eigenvalue weighted by molar-refractivity contribution is -0.671. The lowest BCUT2D eigenvalue weighted by Gasteiger charge is -2.14. The van der Waals surface area contributed by atoms with E-state index in [1.165, 1.54) is 26.2 Å². The van der Waals surface area contributed by atoms with Crippen LogP contribution in [0.5, 0.6) is 11.5 Å². The fourth-order valence-corrected chi connectivity index (χ4v) is 3.51. The number of imidazole rings is 1. The Morgan fingerprint density at radius 1 is 1.35 bits per heavy atom. The van der Waals surface area contributed by atoms with E-state index in [4.69, 9.17) is 4.74 Å². The zero-order valence-electron chi connectivity index (χ0n) is 14.9. The SMILES string of the molecule is COc1cc(NS(=O)(=O)CCCn2cc[n+](C)c2)c(O)cc1NC(C)=O. The quantitative estimate of drug-likeness (QED) is 0.461. The molecule has 0 bridgehead atoms. The monoisotopic (exact) mass is 383 g/mol. The predicted octanol–water partition coefficient (Wildman–Crippen LogP) is 0.817. The molecule has 26 heavy (non-hydrogen) atoms. The Balaban J connectivity index is 2.06. The third-order valence-electron chi connectivity index (χ3n) is 3.55. The molecule has 3 N–H and O–H groups in total. The Morgan fingerprint density at radius 2 is 2.08 bits per heavy atom. The number of nitrogens with one attached hydrogen (secondary N) is 2. The van der Waals surface area contributed by atoms with Crippen molar-refractivity contribution in [2.75, 3.05) is 22.9 Å². The molecule has 0 atom stereocenters. The van der Waals surface area contributed by atoms with E-state index in [1.807, 2.05) is 34.9 Å². The van der Waals surface area contributed by atoms with Crippen molar-refractivity contribution < 1.29 is 27.6 Å². The summed E-state index contributed by atoms with van der Waals surface area (Å²) >= 11 is 0. The number of hydrogen-bond acceptors (Lipinski definition) is 5. The minimum Gasteiger partial charge on any atom is -0.506 e. The molecule has 0 saturated heterocycles. The number of aromatic nitrogens is 2. The van der Waals surface area contributed by atoms with E-state index in [2.05, 4.69) is 10.0 Å². The summed E-state index contributed by atoms with van der Waals surface area (Å²) in [6, 6.07) is 2.56. The van der Waals surface area contributed by atoms with Crippen molar-refractivity contribution in [1.82, 2.24) is 4.57 Å². The maximum atomic E-state index is 12.3. The molecule has 0 fully saturated rings. The van der Waals surface area contributed by atoms with Crippen molar-refractivity contribution in [1.29, 1.82) is 0 Å². The van der Waals surface area contributed by atoms with Gasteiger partial charge in [-0.3, -0.25) is 9.52 Å². The minimum absolute atomic E-state index is 0.0108. The fraction of sp³-hybridized carbons (Fsp3) is 0.375. The molecule has 1 aromatic carbocycles. The van der Waals surface area contributed by atoms with Crippen molar-refractivity contribution in [3.63, 3.8) is 0 Å². The zero-order valence-corrected chi connectivity index (χ0v) is 15.7. The molecular formula is C16H23N4O5S+. The molecule has 0 aliphatic rings. The van der Waals surface area contributed by atoms with Gasteiger partial charge in [-0.1, -0.05) is 0 Å². The van der Waals surface area contributed by atoms with E-state index in [-0.39, 0.29) is 34.5 Å². The van der Waals surface area contributed by atoms with E-state index < -0.39 is 10.0 Å². The number of ether oxygens (including phenoxy) is 1. The van der Waals surface area contributed by atoms with Crippen molar-refractivity contribution in [2.45, 2.75) is 19.9 Å². The Bertz CT molecular complexity index is 892. The Morgan fingerprint density at radius 3 is 2.65 bits per heavy atom. The highest BCUT2D eigenvalue weighted by Gasteiger charge is 2.17. The average molecular weight is 383 g/mol. The van der Waals surface area contributed by atoms with Gasteiger partial charge >= 0.3 is 0 Å². The van der Waals surface area contributed by atoms with Gasteiger partial charge in [0.1, 0.15) is 23.9 Å². The molecule has 1 amide bonds. The summed E-state index contributed by atoms with van der Waals surface area (Å²) < 4.78 is 35.8. The number of aromatic hydroxyl groups is 1. The summed E-state index contributed by atoms with van der Waals surface area (Å²) in [6.07, 6.45) is 5.99. The van der Waals surface area contributed by atoms with Crippen LogP contribution in [-0.4, -0.2) is 36.9 Å². The first-order chi connectivity index (χ1) is 12.2. The standard InChI is InChI=1S/C16H22N4O5S/c1-12(21)17-14-9-15(22)13(10-16(14)25-3)18-26(23,24)8-4-5-20-7-6-19(2)11-20/h6-7,9-11,18H,4-5,8H2,1-3H3,(H-,17,21,22)/p+1. The number of phenols is 1. The molecule has 0 saturated carbocycles. The van der Waals surface area contributed by atoms with Crippen LogP contribution in [-0.2, 0) is 28.4 Å². The molecule has 142 valence electrons. The number of rotatable bonds is 8. The van der Waals surface area contributed by atoms with Gasteiger partial charge in [0, 0.05) is 25.5 Å². The Labute approximate surface area is 152 Å². The molecule has 2 aromatic rings. The summed E-state index contributed by atoms with van der Waals surface area (Å²) in [5.74, 6) is -0.523. The molecule has 0 aliphatic carbocycles. The van der Waals surface area contributed by atoms with Gasteiger partial charge < -0.3 is 15.2 Å². The number of nitrogens with zero attached hydrogens (tertiary/aromatic N) is 2. The second kappa shape index (κ2) is 8.09. The Kier molecular flexibility index (Phi) is 6.09. The number of anilines is 2. The molecule has 0 radical (unpaired) electrons. The molecule has 2 rings (SSSR count). The highest BCUT2D eigenvalue weighted by molar-refractivity contribution is 7.92. The van der Waals surface area contributed by atoms with Crippen LogP contribution in [0.1, 0.15) is 13.3 Å². The minimum atomic E-state index is -3.65. The maximum Gasteiger partial charge on any atom is 0.243 e. The second-order valence-electron chi connectivity index (χ2n) is 5.84. The lowest BCUT2D eigenvalue weighted by atomic mass is 10.2. The van der Waals surface area contributed by atoms with Crippen molar-refractivity contribution in [2.24, 2.45) is 7.05 Å². The second-order valence-corrected chi connectivity index (χ2v) is 7.68. The fourth-order valence-electron chi connectivity index (χ4n) is 2.40. The van der Waals surface area contributed by atoms with Crippen LogP contribution < -0.4 is 19.3 Å². The maximum absolute atomic E-state index is 12.3. The first-order valence-electron chi connectivity index (χ1n) is 7.90. The molecule has 1 aromatic heterocycles. The Hall–Kier alpha value is -2.75. The van der Waals surface area contributed by atoms with Gasteiger partial charge in [0.2, 0.25) is 22.3 Å². The number of methoxy groups -OCH3 is 1. The van der Waals surface area contributed by atoms with Gasteiger partial charge in [-0.15, -0.1) is 0 Å². The van der Waals surface area contributed by atoms with Crippen LogP contribution in [0.2, 0.25) is 0 Å². The van der Waals surface area contributed by atoms with Gasteiger partial charge in [0.15, 0.2) is 0 Å². The van der Waals surface area contributed by atoms with Crippen molar-refractivity contribution >= 4 is 27.3 Å². The van der Waals surface area contributed by atoms with Crippen LogP contribution in [0.4, 0.5) is 11.4 Å². The van der Waals surface area contributed by atoms with E-state index in [0.29, 0.717) is 13.0 Å². The van der Waals surface area contributed by atoms with Crippen LogP contribution in [0, 0.1) is 0 Å². The summed E-state index contributed by atoms with van der Waals surface area (Å²) in [6.45, 7) is 1.87. The number of carbonyl (C=O) groups excluding carboxylic acids is 1. The third kappa shape index (κ3) is 5.38. The lowest BCUT2D eigenvalue weighted by Crippen LogP contribution is -2.24. The highest BCUT2D eigenvalue weighted by Crippen LogP contribution is 2.36. The van der Waals surface area contributed by atoms with Gasteiger partial charge in [-0.25, -0.2) is 17.6 Å². The molecule has 10 heteroatoms. The summed E-state index contributed by atoms with van der Waals surface area (Å²) in [5, 5.41) is 12.6. The van der Waals surface area contributed by atoms with Crippen LogP contribution >= 0.6 is 0 Å². The number of hydrogen-bond donors (Lipinski definition) is 3. The first kappa shape index (κ1) is 19.6. The molecule has 1 heterocycles. The number of carbonyl (C=O) groups is 1. The average Bonchev–Trinajstić information content (AvgIpc) is 2.94. The molecule has 0 unspecified atom stereocenters. The molecule has 0 aliphatic heterocycles.